The van der Waals surface area contributed by atoms with Crippen molar-refractivity contribution in [2.75, 3.05) is 0 Å². The van der Waals surface area contributed by atoms with E-state index in [-0.39, 0.29) is 24.2 Å². The summed E-state index contributed by atoms with van der Waals surface area (Å²) in [6.07, 6.45) is 8.49. The molecule has 1 aromatic rings. The van der Waals surface area contributed by atoms with Crippen molar-refractivity contribution in [1.29, 1.82) is 0 Å². The van der Waals surface area contributed by atoms with Gasteiger partial charge in [0, 0.05) is 5.92 Å². The van der Waals surface area contributed by atoms with Crippen molar-refractivity contribution >= 4 is 12.0 Å². The number of ether oxygens (including phenoxy) is 2. The number of aromatic carboxylic acids is 1. The van der Waals surface area contributed by atoms with E-state index in [1.54, 1.807) is 6.92 Å². The maximum absolute atomic E-state index is 11.6. The summed E-state index contributed by atoms with van der Waals surface area (Å²) >= 11 is 0. The van der Waals surface area contributed by atoms with E-state index in [4.69, 9.17) is 9.47 Å². The maximum atomic E-state index is 11.6. The van der Waals surface area contributed by atoms with Crippen molar-refractivity contribution in [3.63, 3.8) is 0 Å². The minimum Gasteiger partial charge on any atom is -0.478 e. The second-order valence-corrected chi connectivity index (χ2v) is 8.50. The van der Waals surface area contributed by atoms with E-state index in [1.165, 1.54) is 0 Å². The molecule has 1 heterocycles. The Bertz CT molecular complexity index is 776. The summed E-state index contributed by atoms with van der Waals surface area (Å²) in [7, 11) is 0. The molecule has 1 aliphatic heterocycles. The number of hydrogen-bond donors (Lipinski definition) is 2. The van der Waals surface area contributed by atoms with Crippen LogP contribution in [0.15, 0.2) is 30.4 Å². The fourth-order valence-corrected chi connectivity index (χ4v) is 3.84. The molecule has 5 heteroatoms. The van der Waals surface area contributed by atoms with Gasteiger partial charge in [-0.05, 0) is 58.6 Å². The predicted molar refractivity (Wildman–Crippen MR) is 115 cm³/mol. The number of hydrogen-bond acceptors (Lipinski definition) is 4. The van der Waals surface area contributed by atoms with Crippen molar-refractivity contribution < 1.29 is 24.5 Å². The Labute approximate surface area is 174 Å². The number of carboxylic acids is 1. The van der Waals surface area contributed by atoms with Gasteiger partial charge in [-0.25, -0.2) is 4.79 Å². The lowest BCUT2D eigenvalue weighted by Crippen LogP contribution is -2.28. The molecular formula is C24H34O5. The summed E-state index contributed by atoms with van der Waals surface area (Å²) in [4.78, 5) is 11.6. The van der Waals surface area contributed by atoms with E-state index in [1.807, 2.05) is 58.1 Å². The lowest BCUT2D eigenvalue weighted by molar-refractivity contribution is -0.148. The summed E-state index contributed by atoms with van der Waals surface area (Å²) in [5.74, 6) is -1.45. The summed E-state index contributed by atoms with van der Waals surface area (Å²) in [5.41, 5.74) is 2.83. The first-order chi connectivity index (χ1) is 13.5. The van der Waals surface area contributed by atoms with Gasteiger partial charge in [0.25, 0.3) is 0 Å². The zero-order chi connectivity index (χ0) is 21.8. The van der Waals surface area contributed by atoms with E-state index in [0.717, 1.165) is 11.1 Å². The number of aliphatic hydroxyl groups is 1. The van der Waals surface area contributed by atoms with E-state index in [0.29, 0.717) is 24.0 Å². The average molecular weight is 403 g/mol. The second-order valence-electron chi connectivity index (χ2n) is 8.50. The molecule has 0 aromatic heterocycles. The minimum absolute atomic E-state index is 0.113. The highest BCUT2D eigenvalue weighted by molar-refractivity contribution is 5.94. The lowest BCUT2D eigenvalue weighted by atomic mass is 9.95. The van der Waals surface area contributed by atoms with Crippen LogP contribution in [0, 0.1) is 19.8 Å². The third kappa shape index (κ3) is 6.53. The first-order valence-corrected chi connectivity index (χ1v) is 10.2. The molecular weight excluding hydrogens is 368 g/mol. The summed E-state index contributed by atoms with van der Waals surface area (Å²) in [6.45, 7) is 11.4. The number of carbonyl (C=O) groups is 1. The largest absolute Gasteiger partial charge is 0.478 e. The molecule has 0 spiro atoms. The normalized spacial score (nSPS) is 23.7. The van der Waals surface area contributed by atoms with Crippen LogP contribution in [-0.2, 0) is 9.47 Å². The fourth-order valence-electron chi connectivity index (χ4n) is 3.84. The van der Waals surface area contributed by atoms with Gasteiger partial charge in [-0.15, -0.1) is 0 Å². The minimum atomic E-state index is -0.918. The van der Waals surface area contributed by atoms with Crippen LogP contribution in [0.2, 0.25) is 0 Å². The number of rotatable bonds is 8. The topological polar surface area (TPSA) is 76.0 Å². The molecule has 0 radical (unpaired) electrons. The van der Waals surface area contributed by atoms with Gasteiger partial charge in [-0.3, -0.25) is 0 Å². The summed E-state index contributed by atoms with van der Waals surface area (Å²) < 4.78 is 12.2. The third-order valence-electron chi connectivity index (χ3n) is 5.05. The molecule has 5 nitrogen and oxygen atoms in total. The molecule has 3 unspecified atom stereocenters. The summed E-state index contributed by atoms with van der Waals surface area (Å²) in [6, 6.07) is 3.77. The van der Waals surface area contributed by atoms with Crippen LogP contribution in [0.5, 0.6) is 0 Å². The molecule has 1 aliphatic rings. The first kappa shape index (κ1) is 23.3. The van der Waals surface area contributed by atoms with Gasteiger partial charge in [-0.1, -0.05) is 48.9 Å². The van der Waals surface area contributed by atoms with Gasteiger partial charge in [0.1, 0.15) is 0 Å². The molecule has 1 aromatic carbocycles. The van der Waals surface area contributed by atoms with Gasteiger partial charge >= 0.3 is 5.97 Å². The Morgan fingerprint density at radius 2 is 1.90 bits per heavy atom. The highest BCUT2D eigenvalue weighted by Gasteiger charge is 2.42. The number of aliphatic hydroxyl groups excluding tert-OH is 1. The highest BCUT2D eigenvalue weighted by atomic mass is 16.7. The van der Waals surface area contributed by atoms with Crippen molar-refractivity contribution in [3.05, 3.63) is 52.6 Å². The van der Waals surface area contributed by atoms with Crippen molar-refractivity contribution in [1.82, 2.24) is 0 Å². The fraction of sp³-hybridized carbons (Fsp3) is 0.542. The van der Waals surface area contributed by atoms with E-state index >= 15 is 0 Å². The molecule has 1 saturated heterocycles. The molecule has 2 N–H and O–H groups in total. The van der Waals surface area contributed by atoms with Gasteiger partial charge < -0.3 is 19.7 Å². The smallest absolute Gasteiger partial charge is 0.336 e. The van der Waals surface area contributed by atoms with Gasteiger partial charge in [-0.2, -0.15) is 0 Å². The molecule has 160 valence electrons. The number of benzene rings is 1. The van der Waals surface area contributed by atoms with E-state index in [9.17, 15) is 15.0 Å². The Hall–Kier alpha value is -1.95. The van der Waals surface area contributed by atoms with Crippen LogP contribution >= 0.6 is 0 Å². The molecule has 1 fully saturated rings. The van der Waals surface area contributed by atoms with E-state index in [2.05, 4.69) is 13.0 Å². The standard InChI is InChI=1S/C24H34O5/c1-15-13-17(3)21(23(26)27)19(14-15)11-8-12-20-22(29-24(5,6)28-20)16(2)9-7-10-18(4)25/h7-9,11,13-14,16,18,20,22,25H,10,12H2,1-6H3,(H,26,27)/b9-7-,11-8+/t16?,18-,20?,22?/m1/s1. The van der Waals surface area contributed by atoms with Crippen molar-refractivity contribution in [3.8, 4) is 0 Å². The van der Waals surface area contributed by atoms with E-state index < -0.39 is 11.8 Å². The van der Waals surface area contributed by atoms with Crippen LogP contribution in [0.3, 0.4) is 0 Å². The van der Waals surface area contributed by atoms with Crippen LogP contribution in [0.1, 0.15) is 67.6 Å². The molecule has 29 heavy (non-hydrogen) atoms. The van der Waals surface area contributed by atoms with Gasteiger partial charge in [0.05, 0.1) is 23.9 Å². The van der Waals surface area contributed by atoms with Crippen LogP contribution in [-0.4, -0.2) is 40.3 Å². The predicted octanol–water partition coefficient (Wildman–Crippen LogP) is 4.89. The lowest BCUT2D eigenvalue weighted by Gasteiger charge is -2.20. The number of aryl methyl sites for hydroxylation is 2. The van der Waals surface area contributed by atoms with Crippen molar-refractivity contribution in [2.45, 2.75) is 78.5 Å². The number of carboxylic acid groups (broad SMARTS) is 1. The average Bonchev–Trinajstić information content (AvgIpc) is 2.88. The van der Waals surface area contributed by atoms with Crippen LogP contribution in [0.4, 0.5) is 0 Å². The van der Waals surface area contributed by atoms with Crippen molar-refractivity contribution in [2.24, 2.45) is 5.92 Å². The SMILES string of the molecule is Cc1cc(C)c(C(=O)O)c(/C=C/CC2OC(C)(C)OC2C(C)/C=C\C[C@@H](C)O)c1. The highest BCUT2D eigenvalue weighted by Crippen LogP contribution is 2.34. The molecule has 0 amide bonds. The maximum Gasteiger partial charge on any atom is 0.336 e. The molecule has 0 saturated carbocycles. The zero-order valence-electron chi connectivity index (χ0n) is 18.3. The molecule has 2 rings (SSSR count). The third-order valence-corrected chi connectivity index (χ3v) is 5.05. The van der Waals surface area contributed by atoms with Gasteiger partial charge in [0.2, 0.25) is 0 Å². The Morgan fingerprint density at radius 1 is 1.21 bits per heavy atom. The van der Waals surface area contributed by atoms with Crippen LogP contribution in [0.25, 0.3) is 6.08 Å². The van der Waals surface area contributed by atoms with Gasteiger partial charge in [0.15, 0.2) is 5.79 Å². The quantitative estimate of drug-likeness (QED) is 0.606. The Morgan fingerprint density at radius 3 is 2.52 bits per heavy atom. The Kier molecular flexibility index (Phi) is 7.80. The molecule has 0 aliphatic carbocycles. The molecule has 4 atom stereocenters. The summed E-state index contributed by atoms with van der Waals surface area (Å²) in [5, 5.41) is 19.0. The first-order valence-electron chi connectivity index (χ1n) is 10.2. The Balaban J connectivity index is 2.15. The monoisotopic (exact) mass is 402 g/mol. The second kappa shape index (κ2) is 9.70. The molecule has 0 bridgehead atoms. The van der Waals surface area contributed by atoms with Crippen LogP contribution < -0.4 is 0 Å². The zero-order valence-corrected chi connectivity index (χ0v) is 18.3.